The van der Waals surface area contributed by atoms with Gasteiger partial charge in [0.2, 0.25) is 0 Å². The molecule has 92 valence electrons. The predicted octanol–water partition coefficient (Wildman–Crippen LogP) is 4.99. The third-order valence-corrected chi connectivity index (χ3v) is 3.35. The van der Waals surface area contributed by atoms with Gasteiger partial charge < -0.3 is 0 Å². The fourth-order valence-corrected chi connectivity index (χ4v) is 2.11. The standard InChI is InChI=1S/C13H28ClN/c1-4-7-10-13(11-8-5-2)15(14)12-9-6-3/h13H,4-12H2,1-3H3. The molecule has 0 rings (SSSR count). The summed E-state index contributed by atoms with van der Waals surface area (Å²) in [6, 6.07) is 0.609. The summed E-state index contributed by atoms with van der Waals surface area (Å²) >= 11 is 6.33. The van der Waals surface area contributed by atoms with E-state index >= 15 is 0 Å². The molecule has 0 aliphatic heterocycles. The molecule has 0 spiro atoms. The zero-order valence-corrected chi connectivity index (χ0v) is 11.5. The molecule has 0 saturated heterocycles. The average Bonchev–Trinajstić information content (AvgIpc) is 2.26. The van der Waals surface area contributed by atoms with Gasteiger partial charge in [0.05, 0.1) is 0 Å². The summed E-state index contributed by atoms with van der Waals surface area (Å²) in [5.74, 6) is 0. The van der Waals surface area contributed by atoms with Gasteiger partial charge in [-0.1, -0.05) is 52.9 Å². The van der Waals surface area contributed by atoms with E-state index in [1.807, 2.05) is 0 Å². The molecule has 0 fully saturated rings. The van der Waals surface area contributed by atoms with Gasteiger partial charge in [-0.15, -0.1) is 0 Å². The molecule has 0 aromatic heterocycles. The van der Waals surface area contributed by atoms with Crippen molar-refractivity contribution in [3.8, 4) is 0 Å². The lowest BCUT2D eigenvalue weighted by Gasteiger charge is -2.25. The first kappa shape index (κ1) is 15.2. The van der Waals surface area contributed by atoms with Crippen LogP contribution in [0.5, 0.6) is 0 Å². The first-order chi connectivity index (χ1) is 7.26. The predicted molar refractivity (Wildman–Crippen MR) is 70.3 cm³/mol. The fraction of sp³-hybridized carbons (Fsp3) is 1.00. The minimum Gasteiger partial charge on any atom is -0.217 e. The number of halogens is 1. The monoisotopic (exact) mass is 233 g/mol. The molecule has 0 aromatic carbocycles. The molecule has 0 aliphatic carbocycles. The molecule has 0 unspecified atom stereocenters. The van der Waals surface area contributed by atoms with E-state index in [-0.39, 0.29) is 0 Å². The number of nitrogens with zero attached hydrogens (tertiary/aromatic N) is 1. The van der Waals surface area contributed by atoms with Crippen LogP contribution in [0.2, 0.25) is 0 Å². The highest BCUT2D eigenvalue weighted by atomic mass is 35.5. The van der Waals surface area contributed by atoms with Gasteiger partial charge in [0.1, 0.15) is 0 Å². The van der Waals surface area contributed by atoms with E-state index in [2.05, 4.69) is 25.2 Å². The Kier molecular flexibility index (Phi) is 10.9. The Morgan fingerprint density at radius 3 is 1.73 bits per heavy atom. The second-order valence-corrected chi connectivity index (χ2v) is 4.85. The molecule has 0 aromatic rings. The summed E-state index contributed by atoms with van der Waals surface area (Å²) in [5, 5.41) is 0. The topological polar surface area (TPSA) is 3.24 Å². The molecule has 0 N–H and O–H groups in total. The molecule has 0 bridgehead atoms. The van der Waals surface area contributed by atoms with Crippen LogP contribution >= 0.6 is 11.8 Å². The zero-order valence-electron chi connectivity index (χ0n) is 10.8. The van der Waals surface area contributed by atoms with Crippen molar-refractivity contribution in [2.75, 3.05) is 6.54 Å². The van der Waals surface area contributed by atoms with Gasteiger partial charge in [0.15, 0.2) is 0 Å². The maximum atomic E-state index is 6.33. The molecule has 0 heterocycles. The number of unbranched alkanes of at least 4 members (excludes halogenated alkanes) is 3. The highest BCUT2D eigenvalue weighted by Gasteiger charge is 2.14. The van der Waals surface area contributed by atoms with E-state index in [9.17, 15) is 0 Å². The highest BCUT2D eigenvalue weighted by molar-refractivity contribution is 6.13. The van der Waals surface area contributed by atoms with Crippen molar-refractivity contribution >= 4 is 11.8 Å². The van der Waals surface area contributed by atoms with Crippen LogP contribution in [0.1, 0.15) is 72.1 Å². The first-order valence-corrected chi connectivity index (χ1v) is 7.02. The van der Waals surface area contributed by atoms with Crippen molar-refractivity contribution in [3.05, 3.63) is 0 Å². The van der Waals surface area contributed by atoms with Gasteiger partial charge in [-0.05, 0) is 31.0 Å². The minimum absolute atomic E-state index is 0.609. The molecular weight excluding hydrogens is 206 g/mol. The summed E-state index contributed by atoms with van der Waals surface area (Å²) in [6.45, 7) is 7.77. The Hall–Kier alpha value is 0.250. The fourth-order valence-electron chi connectivity index (χ4n) is 1.80. The van der Waals surface area contributed by atoms with E-state index in [4.69, 9.17) is 11.8 Å². The SMILES string of the molecule is CCCCC(CCCC)N(Cl)CCCC. The van der Waals surface area contributed by atoms with Gasteiger partial charge >= 0.3 is 0 Å². The average molecular weight is 234 g/mol. The molecule has 0 radical (unpaired) electrons. The zero-order chi connectivity index (χ0) is 11.5. The third-order valence-electron chi connectivity index (χ3n) is 2.90. The maximum absolute atomic E-state index is 6.33. The van der Waals surface area contributed by atoms with Crippen LogP contribution in [0.25, 0.3) is 0 Å². The van der Waals surface area contributed by atoms with Gasteiger partial charge in [-0.3, -0.25) is 0 Å². The minimum atomic E-state index is 0.609. The van der Waals surface area contributed by atoms with E-state index in [0.29, 0.717) is 6.04 Å². The molecular formula is C13H28ClN. The summed E-state index contributed by atoms with van der Waals surface area (Å²) in [7, 11) is 0. The summed E-state index contributed by atoms with van der Waals surface area (Å²) in [4.78, 5) is 0. The summed E-state index contributed by atoms with van der Waals surface area (Å²) < 4.78 is 2.06. The van der Waals surface area contributed by atoms with E-state index in [1.54, 1.807) is 0 Å². The van der Waals surface area contributed by atoms with Crippen LogP contribution in [0, 0.1) is 0 Å². The van der Waals surface area contributed by atoms with E-state index < -0.39 is 0 Å². The number of hydrogen-bond acceptors (Lipinski definition) is 1. The van der Waals surface area contributed by atoms with Gasteiger partial charge in [0, 0.05) is 12.6 Å². The van der Waals surface area contributed by atoms with E-state index in [0.717, 1.165) is 6.54 Å². The normalized spacial score (nSPS) is 11.6. The third kappa shape index (κ3) is 8.10. The smallest absolute Gasteiger partial charge is 0.0251 e. The number of rotatable bonds is 10. The lowest BCUT2D eigenvalue weighted by atomic mass is 10.0. The van der Waals surface area contributed by atoms with E-state index in [1.165, 1.54) is 51.4 Å². The summed E-state index contributed by atoms with van der Waals surface area (Å²) in [6.07, 6.45) is 10.2. The second kappa shape index (κ2) is 10.8. The van der Waals surface area contributed by atoms with Crippen LogP contribution in [-0.4, -0.2) is 17.0 Å². The van der Waals surface area contributed by atoms with Crippen LogP contribution in [0.3, 0.4) is 0 Å². The van der Waals surface area contributed by atoms with Crippen LogP contribution in [-0.2, 0) is 0 Å². The first-order valence-electron chi connectivity index (χ1n) is 6.68. The highest BCUT2D eigenvalue weighted by Crippen LogP contribution is 2.18. The largest absolute Gasteiger partial charge is 0.217 e. The lowest BCUT2D eigenvalue weighted by Crippen LogP contribution is -2.28. The van der Waals surface area contributed by atoms with Crippen molar-refractivity contribution in [2.24, 2.45) is 0 Å². The Morgan fingerprint density at radius 2 is 1.33 bits per heavy atom. The van der Waals surface area contributed by atoms with Crippen molar-refractivity contribution in [2.45, 2.75) is 78.2 Å². The Labute approximate surface area is 101 Å². The molecule has 1 nitrogen and oxygen atoms in total. The van der Waals surface area contributed by atoms with Crippen molar-refractivity contribution in [3.63, 3.8) is 0 Å². The molecule has 0 atom stereocenters. The molecule has 0 saturated carbocycles. The van der Waals surface area contributed by atoms with Crippen molar-refractivity contribution < 1.29 is 0 Å². The summed E-state index contributed by atoms with van der Waals surface area (Å²) in [5.41, 5.74) is 0. The van der Waals surface area contributed by atoms with Gasteiger partial charge in [0.25, 0.3) is 0 Å². The molecule has 0 aliphatic rings. The van der Waals surface area contributed by atoms with Gasteiger partial charge in [-0.2, -0.15) is 0 Å². The van der Waals surface area contributed by atoms with Crippen LogP contribution in [0.15, 0.2) is 0 Å². The Balaban J connectivity index is 3.84. The Morgan fingerprint density at radius 1 is 0.867 bits per heavy atom. The molecule has 15 heavy (non-hydrogen) atoms. The van der Waals surface area contributed by atoms with Crippen LogP contribution in [0.4, 0.5) is 0 Å². The number of hydrogen-bond donors (Lipinski definition) is 0. The van der Waals surface area contributed by atoms with Crippen LogP contribution < -0.4 is 0 Å². The lowest BCUT2D eigenvalue weighted by molar-refractivity contribution is 0.289. The quantitative estimate of drug-likeness (QED) is 0.481. The van der Waals surface area contributed by atoms with Crippen molar-refractivity contribution in [1.29, 1.82) is 0 Å². The molecule has 2 heteroatoms. The van der Waals surface area contributed by atoms with Crippen molar-refractivity contribution in [1.82, 2.24) is 4.42 Å². The molecule has 0 amide bonds. The maximum Gasteiger partial charge on any atom is 0.0251 e. The second-order valence-electron chi connectivity index (χ2n) is 4.42. The Bertz CT molecular complexity index is 120. The van der Waals surface area contributed by atoms with Gasteiger partial charge in [-0.25, -0.2) is 4.42 Å².